The van der Waals surface area contributed by atoms with E-state index in [4.69, 9.17) is 10.5 Å². The van der Waals surface area contributed by atoms with E-state index in [1.165, 1.54) is 0 Å². The van der Waals surface area contributed by atoms with Gasteiger partial charge in [-0.3, -0.25) is 4.79 Å². The minimum Gasteiger partial charge on any atom is -0.496 e. The van der Waals surface area contributed by atoms with Gasteiger partial charge in [-0.2, -0.15) is 0 Å². The number of amides is 1. The summed E-state index contributed by atoms with van der Waals surface area (Å²) in [7, 11) is 1.66. The van der Waals surface area contributed by atoms with Gasteiger partial charge in [0.15, 0.2) is 0 Å². The molecule has 1 aliphatic heterocycles. The quantitative estimate of drug-likeness (QED) is 0.876. The molecule has 1 unspecified atom stereocenters. The number of nitrogens with zero attached hydrogens (tertiary/aromatic N) is 1. The zero-order valence-electron chi connectivity index (χ0n) is 11.5. The van der Waals surface area contributed by atoms with Crippen molar-refractivity contribution in [2.45, 2.75) is 31.7 Å². The zero-order valence-corrected chi connectivity index (χ0v) is 11.5. The minimum atomic E-state index is 0.207. The fourth-order valence-corrected chi connectivity index (χ4v) is 2.70. The Morgan fingerprint density at radius 3 is 3.00 bits per heavy atom. The number of carbonyl (C=O) groups is 1. The Labute approximate surface area is 114 Å². The van der Waals surface area contributed by atoms with Crippen LogP contribution in [0.2, 0.25) is 0 Å². The lowest BCUT2D eigenvalue weighted by molar-refractivity contribution is -0.131. The summed E-state index contributed by atoms with van der Waals surface area (Å²) in [6.07, 6.45) is 3.35. The maximum Gasteiger partial charge on any atom is 0.223 e. The highest BCUT2D eigenvalue weighted by Crippen LogP contribution is 2.21. The van der Waals surface area contributed by atoms with Gasteiger partial charge in [0.25, 0.3) is 0 Å². The van der Waals surface area contributed by atoms with Crippen LogP contribution < -0.4 is 10.5 Å². The van der Waals surface area contributed by atoms with E-state index in [0.717, 1.165) is 37.1 Å². The first-order valence-electron chi connectivity index (χ1n) is 6.87. The Hall–Kier alpha value is -1.55. The van der Waals surface area contributed by atoms with Crippen molar-refractivity contribution in [2.75, 3.05) is 20.2 Å². The molecule has 0 radical (unpaired) electrons. The first-order chi connectivity index (χ1) is 9.26. The maximum absolute atomic E-state index is 12.2. The predicted octanol–water partition coefficient (Wildman–Crippen LogP) is 1.58. The summed E-state index contributed by atoms with van der Waals surface area (Å²) < 4.78 is 5.30. The largest absolute Gasteiger partial charge is 0.496 e. The molecule has 0 spiro atoms. The van der Waals surface area contributed by atoms with Crippen LogP contribution >= 0.6 is 0 Å². The number of ether oxygens (including phenoxy) is 1. The van der Waals surface area contributed by atoms with Gasteiger partial charge in [0, 0.05) is 25.6 Å². The highest BCUT2D eigenvalue weighted by Gasteiger charge is 2.27. The third kappa shape index (κ3) is 3.26. The van der Waals surface area contributed by atoms with Crippen molar-refractivity contribution >= 4 is 5.91 Å². The van der Waals surface area contributed by atoms with Crippen LogP contribution in [0.3, 0.4) is 0 Å². The second kappa shape index (κ2) is 6.57. The van der Waals surface area contributed by atoms with Gasteiger partial charge in [0.2, 0.25) is 5.91 Å². The number of carbonyl (C=O) groups excluding carboxylic acids is 1. The van der Waals surface area contributed by atoms with Crippen molar-refractivity contribution in [1.29, 1.82) is 0 Å². The average molecular weight is 262 g/mol. The number of aryl methyl sites for hydroxylation is 1. The van der Waals surface area contributed by atoms with Crippen molar-refractivity contribution in [1.82, 2.24) is 4.90 Å². The maximum atomic E-state index is 12.2. The van der Waals surface area contributed by atoms with E-state index in [1.807, 2.05) is 29.2 Å². The van der Waals surface area contributed by atoms with E-state index in [9.17, 15) is 4.79 Å². The van der Waals surface area contributed by atoms with Crippen molar-refractivity contribution in [2.24, 2.45) is 5.73 Å². The molecule has 1 atom stereocenters. The number of rotatable bonds is 5. The lowest BCUT2D eigenvalue weighted by Gasteiger charge is -2.23. The number of nitrogens with two attached hydrogens (primary N) is 1. The Kier molecular flexibility index (Phi) is 4.80. The fraction of sp³-hybridized carbons (Fsp3) is 0.533. The Morgan fingerprint density at radius 1 is 1.47 bits per heavy atom. The van der Waals surface area contributed by atoms with Crippen LogP contribution in [0.4, 0.5) is 0 Å². The number of hydrogen-bond donors (Lipinski definition) is 1. The van der Waals surface area contributed by atoms with Crippen molar-refractivity contribution < 1.29 is 9.53 Å². The topological polar surface area (TPSA) is 55.6 Å². The summed E-state index contributed by atoms with van der Waals surface area (Å²) in [5, 5.41) is 0. The molecule has 0 aliphatic carbocycles. The third-order valence-electron chi connectivity index (χ3n) is 3.77. The second-order valence-electron chi connectivity index (χ2n) is 4.93. The first-order valence-corrected chi connectivity index (χ1v) is 6.87. The van der Waals surface area contributed by atoms with E-state index >= 15 is 0 Å². The lowest BCUT2D eigenvalue weighted by atomic mass is 10.1. The van der Waals surface area contributed by atoms with E-state index in [0.29, 0.717) is 13.0 Å². The van der Waals surface area contributed by atoms with Gasteiger partial charge in [0.05, 0.1) is 7.11 Å². The first kappa shape index (κ1) is 13.9. The molecule has 1 aromatic rings. The molecule has 19 heavy (non-hydrogen) atoms. The normalized spacial score (nSPS) is 18.6. The van der Waals surface area contributed by atoms with Gasteiger partial charge >= 0.3 is 0 Å². The summed E-state index contributed by atoms with van der Waals surface area (Å²) >= 11 is 0. The molecule has 1 amide bonds. The van der Waals surface area contributed by atoms with Crippen LogP contribution in [-0.4, -0.2) is 37.0 Å². The average Bonchev–Trinajstić information content (AvgIpc) is 2.93. The van der Waals surface area contributed by atoms with Crippen LogP contribution in [-0.2, 0) is 11.2 Å². The fourth-order valence-electron chi connectivity index (χ4n) is 2.70. The predicted molar refractivity (Wildman–Crippen MR) is 75.1 cm³/mol. The summed E-state index contributed by atoms with van der Waals surface area (Å²) in [6, 6.07) is 8.09. The smallest absolute Gasteiger partial charge is 0.223 e. The summed E-state index contributed by atoms with van der Waals surface area (Å²) in [6.45, 7) is 1.42. The highest BCUT2D eigenvalue weighted by molar-refractivity contribution is 5.77. The number of likely N-dealkylation sites (tertiary alicyclic amines) is 1. The molecule has 1 aromatic carbocycles. The molecular weight excluding hydrogens is 240 g/mol. The molecular formula is C15H22N2O2. The van der Waals surface area contributed by atoms with Crippen molar-refractivity contribution in [3.63, 3.8) is 0 Å². The third-order valence-corrected chi connectivity index (χ3v) is 3.77. The molecule has 104 valence electrons. The molecule has 0 bridgehead atoms. The van der Waals surface area contributed by atoms with Crippen molar-refractivity contribution in [3.05, 3.63) is 29.8 Å². The number of benzene rings is 1. The molecule has 2 rings (SSSR count). The van der Waals surface area contributed by atoms with Gasteiger partial charge in [-0.05, 0) is 30.9 Å². The van der Waals surface area contributed by atoms with Crippen LogP contribution in [0, 0.1) is 0 Å². The van der Waals surface area contributed by atoms with E-state index in [-0.39, 0.29) is 11.9 Å². The molecule has 4 nitrogen and oxygen atoms in total. The van der Waals surface area contributed by atoms with Gasteiger partial charge in [-0.15, -0.1) is 0 Å². The van der Waals surface area contributed by atoms with E-state index in [2.05, 4.69) is 0 Å². The SMILES string of the molecule is COc1ccccc1CCC(=O)N1CCCC1CN. The zero-order chi connectivity index (χ0) is 13.7. The summed E-state index contributed by atoms with van der Waals surface area (Å²) in [5.41, 5.74) is 6.79. The molecule has 1 aliphatic rings. The number of para-hydroxylation sites is 1. The van der Waals surface area contributed by atoms with Gasteiger partial charge in [-0.1, -0.05) is 18.2 Å². The van der Waals surface area contributed by atoms with Crippen LogP contribution in [0.5, 0.6) is 5.75 Å². The Balaban J connectivity index is 1.93. The standard InChI is InChI=1S/C15H22N2O2/c1-19-14-7-3-2-5-12(14)8-9-15(18)17-10-4-6-13(17)11-16/h2-3,5,7,13H,4,6,8-11,16H2,1H3. The molecule has 4 heteroatoms. The summed E-state index contributed by atoms with van der Waals surface area (Å²) in [4.78, 5) is 14.2. The minimum absolute atomic E-state index is 0.207. The molecule has 1 fully saturated rings. The highest BCUT2D eigenvalue weighted by atomic mass is 16.5. The number of hydrogen-bond acceptors (Lipinski definition) is 3. The molecule has 0 saturated carbocycles. The van der Waals surface area contributed by atoms with Crippen LogP contribution in [0.25, 0.3) is 0 Å². The summed E-state index contributed by atoms with van der Waals surface area (Å²) in [5.74, 6) is 1.06. The van der Waals surface area contributed by atoms with Crippen LogP contribution in [0.15, 0.2) is 24.3 Å². The molecule has 1 saturated heterocycles. The van der Waals surface area contributed by atoms with E-state index in [1.54, 1.807) is 7.11 Å². The molecule has 0 aromatic heterocycles. The molecule has 2 N–H and O–H groups in total. The monoisotopic (exact) mass is 262 g/mol. The second-order valence-corrected chi connectivity index (χ2v) is 4.93. The van der Waals surface area contributed by atoms with Gasteiger partial charge in [0.1, 0.15) is 5.75 Å². The van der Waals surface area contributed by atoms with Gasteiger partial charge < -0.3 is 15.4 Å². The van der Waals surface area contributed by atoms with Crippen molar-refractivity contribution in [3.8, 4) is 5.75 Å². The lowest BCUT2D eigenvalue weighted by Crippen LogP contribution is -2.40. The molecule has 1 heterocycles. The van der Waals surface area contributed by atoms with E-state index < -0.39 is 0 Å². The van der Waals surface area contributed by atoms with Gasteiger partial charge in [-0.25, -0.2) is 0 Å². The van der Waals surface area contributed by atoms with Crippen LogP contribution in [0.1, 0.15) is 24.8 Å². The Bertz CT molecular complexity index is 434. The number of methoxy groups -OCH3 is 1. The Morgan fingerprint density at radius 2 is 2.26 bits per heavy atom.